The minimum atomic E-state index is -0.908. The van der Waals surface area contributed by atoms with Crippen molar-refractivity contribution in [2.75, 3.05) is 0 Å². The molecule has 0 saturated carbocycles. The van der Waals surface area contributed by atoms with Crippen LogP contribution in [0.2, 0.25) is 5.02 Å². The van der Waals surface area contributed by atoms with Crippen LogP contribution in [-0.4, -0.2) is 11.1 Å². The first kappa shape index (κ1) is 13.6. The summed E-state index contributed by atoms with van der Waals surface area (Å²) in [6.07, 6.45) is 0. The molecular weight excluding hydrogens is 260 g/mol. The second kappa shape index (κ2) is 5.06. The Kier molecular flexibility index (Phi) is 3.63. The van der Waals surface area contributed by atoms with Gasteiger partial charge in [-0.2, -0.15) is 0 Å². The van der Waals surface area contributed by atoms with Gasteiger partial charge in [0.15, 0.2) is 0 Å². The largest absolute Gasteiger partial charge is 0.481 e. The quantitative estimate of drug-likeness (QED) is 0.902. The highest BCUT2D eigenvalue weighted by Gasteiger charge is 2.29. The minimum absolute atomic E-state index is 0.667. The molecule has 0 fully saturated rings. The lowest BCUT2D eigenvalue weighted by Gasteiger charge is -2.20. The van der Waals surface area contributed by atoms with Crippen molar-refractivity contribution in [1.29, 1.82) is 0 Å². The predicted octanol–water partition coefficient (Wildman–Crippen LogP) is 4.37. The second-order valence-electron chi connectivity index (χ2n) is 5.02. The van der Waals surface area contributed by atoms with Gasteiger partial charge in [-0.05, 0) is 42.7 Å². The van der Waals surface area contributed by atoms with Crippen LogP contribution in [0, 0.1) is 0 Å². The van der Waals surface area contributed by atoms with Gasteiger partial charge >= 0.3 is 5.97 Å². The maximum Gasteiger partial charge on any atom is 0.313 e. The highest BCUT2D eigenvalue weighted by atomic mass is 35.5. The molecule has 0 amide bonds. The molecule has 0 aliphatic heterocycles. The highest BCUT2D eigenvalue weighted by Crippen LogP contribution is 2.29. The third-order valence-corrected chi connectivity index (χ3v) is 3.51. The van der Waals surface area contributed by atoms with Crippen LogP contribution >= 0.6 is 11.6 Å². The van der Waals surface area contributed by atoms with Crippen molar-refractivity contribution in [3.63, 3.8) is 0 Å². The van der Waals surface area contributed by atoms with E-state index >= 15 is 0 Å². The molecule has 0 radical (unpaired) electrons. The van der Waals surface area contributed by atoms with Crippen molar-refractivity contribution >= 4 is 17.6 Å². The number of hydrogen-bond acceptors (Lipinski definition) is 1. The molecule has 0 aliphatic carbocycles. The average molecular weight is 275 g/mol. The standard InChI is InChI=1S/C16H15ClO2/c1-16(2,15(18)19)13-7-3-5-11(9-13)12-6-4-8-14(17)10-12/h3-10H,1-2H3,(H,18,19). The summed E-state index contributed by atoms with van der Waals surface area (Å²) in [5.74, 6) is -0.837. The van der Waals surface area contributed by atoms with Gasteiger partial charge in [0.05, 0.1) is 5.41 Å². The van der Waals surface area contributed by atoms with Crippen LogP contribution in [-0.2, 0) is 10.2 Å². The van der Waals surface area contributed by atoms with E-state index in [-0.39, 0.29) is 0 Å². The summed E-state index contributed by atoms with van der Waals surface area (Å²) in [4.78, 5) is 11.3. The molecule has 2 rings (SSSR count). The monoisotopic (exact) mass is 274 g/mol. The Hall–Kier alpha value is -1.80. The number of carboxylic acids is 1. The van der Waals surface area contributed by atoms with E-state index in [4.69, 9.17) is 11.6 Å². The number of halogens is 1. The Morgan fingerprint density at radius 1 is 1.05 bits per heavy atom. The SMILES string of the molecule is CC(C)(C(=O)O)c1cccc(-c2cccc(Cl)c2)c1. The van der Waals surface area contributed by atoms with Gasteiger partial charge in [0.1, 0.15) is 0 Å². The molecule has 2 aromatic carbocycles. The lowest BCUT2D eigenvalue weighted by molar-refractivity contribution is -0.142. The van der Waals surface area contributed by atoms with Gasteiger partial charge in [-0.25, -0.2) is 0 Å². The maximum absolute atomic E-state index is 11.3. The second-order valence-corrected chi connectivity index (χ2v) is 5.46. The number of rotatable bonds is 3. The van der Waals surface area contributed by atoms with Crippen molar-refractivity contribution in [2.45, 2.75) is 19.3 Å². The Labute approximate surface area is 117 Å². The van der Waals surface area contributed by atoms with Crippen LogP contribution in [0.4, 0.5) is 0 Å². The highest BCUT2D eigenvalue weighted by molar-refractivity contribution is 6.30. The summed E-state index contributed by atoms with van der Waals surface area (Å²) in [7, 11) is 0. The third kappa shape index (κ3) is 2.79. The van der Waals surface area contributed by atoms with Crippen LogP contribution in [0.5, 0.6) is 0 Å². The number of hydrogen-bond donors (Lipinski definition) is 1. The van der Waals surface area contributed by atoms with Gasteiger partial charge < -0.3 is 5.11 Å². The molecule has 0 spiro atoms. The summed E-state index contributed by atoms with van der Waals surface area (Å²) in [5.41, 5.74) is 1.82. The van der Waals surface area contributed by atoms with Crippen LogP contribution < -0.4 is 0 Å². The first-order valence-electron chi connectivity index (χ1n) is 6.01. The van der Waals surface area contributed by atoms with Crippen molar-refractivity contribution < 1.29 is 9.90 Å². The molecule has 0 heterocycles. The summed E-state index contributed by atoms with van der Waals surface area (Å²) in [5, 5.41) is 9.95. The number of benzene rings is 2. The third-order valence-electron chi connectivity index (χ3n) is 3.28. The zero-order valence-corrected chi connectivity index (χ0v) is 11.6. The van der Waals surface area contributed by atoms with E-state index in [0.29, 0.717) is 5.02 Å². The Balaban J connectivity index is 2.48. The first-order chi connectivity index (χ1) is 8.91. The molecule has 2 aromatic rings. The molecule has 1 N–H and O–H groups in total. The summed E-state index contributed by atoms with van der Waals surface area (Å²) >= 11 is 5.98. The van der Waals surface area contributed by atoms with Crippen molar-refractivity contribution in [2.24, 2.45) is 0 Å². The van der Waals surface area contributed by atoms with Gasteiger partial charge in [0, 0.05) is 5.02 Å². The Morgan fingerprint density at radius 2 is 1.63 bits per heavy atom. The summed E-state index contributed by atoms with van der Waals surface area (Å²) in [6.45, 7) is 3.40. The minimum Gasteiger partial charge on any atom is -0.481 e. The molecule has 98 valence electrons. The number of carbonyl (C=O) groups is 1. The fourth-order valence-corrected chi connectivity index (χ4v) is 2.07. The molecule has 19 heavy (non-hydrogen) atoms. The van der Waals surface area contributed by atoms with Crippen LogP contribution in [0.25, 0.3) is 11.1 Å². The molecule has 0 aromatic heterocycles. The Morgan fingerprint density at radius 3 is 2.21 bits per heavy atom. The molecular formula is C16H15ClO2. The van der Waals surface area contributed by atoms with Crippen LogP contribution in [0.3, 0.4) is 0 Å². The van der Waals surface area contributed by atoms with E-state index < -0.39 is 11.4 Å². The van der Waals surface area contributed by atoms with E-state index in [1.54, 1.807) is 13.8 Å². The topological polar surface area (TPSA) is 37.3 Å². The van der Waals surface area contributed by atoms with Gasteiger partial charge in [-0.3, -0.25) is 4.79 Å². The van der Waals surface area contributed by atoms with Crippen LogP contribution in [0.1, 0.15) is 19.4 Å². The fraction of sp³-hybridized carbons (Fsp3) is 0.188. The number of carboxylic acid groups (broad SMARTS) is 1. The molecule has 0 unspecified atom stereocenters. The smallest absolute Gasteiger partial charge is 0.313 e. The lowest BCUT2D eigenvalue weighted by atomic mass is 9.83. The summed E-state index contributed by atoms with van der Waals surface area (Å²) in [6, 6.07) is 15.1. The van der Waals surface area contributed by atoms with Gasteiger partial charge in [0.25, 0.3) is 0 Å². The summed E-state index contributed by atoms with van der Waals surface area (Å²) < 4.78 is 0. The predicted molar refractivity (Wildman–Crippen MR) is 77.5 cm³/mol. The Bertz CT molecular complexity index is 618. The van der Waals surface area contributed by atoms with Crippen molar-refractivity contribution in [3.8, 4) is 11.1 Å². The normalized spacial score (nSPS) is 11.3. The number of aliphatic carboxylic acids is 1. The molecule has 0 aliphatic rings. The van der Waals surface area contributed by atoms with Gasteiger partial charge in [-0.15, -0.1) is 0 Å². The fourth-order valence-electron chi connectivity index (χ4n) is 1.88. The van der Waals surface area contributed by atoms with E-state index in [2.05, 4.69) is 0 Å². The van der Waals surface area contributed by atoms with Crippen LogP contribution in [0.15, 0.2) is 48.5 Å². The van der Waals surface area contributed by atoms with E-state index in [9.17, 15) is 9.90 Å². The van der Waals surface area contributed by atoms with Gasteiger partial charge in [0.2, 0.25) is 0 Å². The molecule has 0 atom stereocenters. The van der Waals surface area contributed by atoms with E-state index in [0.717, 1.165) is 16.7 Å². The zero-order valence-electron chi connectivity index (χ0n) is 10.9. The molecule has 0 saturated heterocycles. The van der Waals surface area contributed by atoms with Gasteiger partial charge in [-0.1, -0.05) is 48.0 Å². The lowest BCUT2D eigenvalue weighted by Crippen LogP contribution is -2.28. The molecule has 2 nitrogen and oxygen atoms in total. The average Bonchev–Trinajstić information content (AvgIpc) is 2.38. The molecule has 3 heteroatoms. The van der Waals surface area contributed by atoms with Crippen molar-refractivity contribution in [3.05, 3.63) is 59.1 Å². The molecule has 0 bridgehead atoms. The first-order valence-corrected chi connectivity index (χ1v) is 6.39. The maximum atomic E-state index is 11.3. The van der Waals surface area contributed by atoms with E-state index in [1.165, 1.54) is 0 Å². The zero-order chi connectivity index (χ0) is 14.0. The van der Waals surface area contributed by atoms with Crippen molar-refractivity contribution in [1.82, 2.24) is 0 Å². The van der Waals surface area contributed by atoms with E-state index in [1.807, 2.05) is 48.5 Å².